The van der Waals surface area contributed by atoms with Crippen molar-refractivity contribution in [2.45, 2.75) is 32.4 Å². The molecule has 3 rings (SSSR count). The van der Waals surface area contributed by atoms with Crippen LogP contribution in [0.25, 0.3) is 0 Å². The van der Waals surface area contributed by atoms with Crippen LogP contribution in [0.5, 0.6) is 5.75 Å². The molecule has 0 radical (unpaired) electrons. The van der Waals surface area contributed by atoms with Crippen molar-refractivity contribution in [2.75, 3.05) is 30.8 Å². The molecule has 3 aromatic carbocycles. The van der Waals surface area contributed by atoms with E-state index in [0.29, 0.717) is 22.5 Å². The first-order valence-electron chi connectivity index (χ1n) is 12.6. The van der Waals surface area contributed by atoms with Gasteiger partial charge in [-0.25, -0.2) is 8.42 Å². The van der Waals surface area contributed by atoms with Gasteiger partial charge < -0.3 is 15.0 Å². The summed E-state index contributed by atoms with van der Waals surface area (Å²) in [6, 6.07) is 22.6. The summed E-state index contributed by atoms with van der Waals surface area (Å²) < 4.78 is 32.7. The normalized spacial score (nSPS) is 11.9. The number of amides is 2. The van der Waals surface area contributed by atoms with Crippen molar-refractivity contribution in [3.05, 3.63) is 94.5 Å². The first-order valence-corrected chi connectivity index (χ1v) is 15.2. The minimum Gasteiger partial charge on any atom is -0.497 e. The summed E-state index contributed by atoms with van der Waals surface area (Å²) in [5.74, 6) is -0.198. The molecule has 0 heterocycles. The van der Waals surface area contributed by atoms with Crippen LogP contribution in [0.15, 0.2) is 83.3 Å². The second-order valence-electron chi connectivity index (χ2n) is 9.09. The SMILES string of the molecule is CCCNC(=O)C(Cc1ccccc1)N(Cc1cccc(OC)c1)C(=O)CN(c1ccccc1Br)S(C)(=O)=O. The standard InChI is InChI=1S/C29H34BrN3O5S/c1-4-17-31-29(35)27(19-22-11-6-5-7-12-22)32(20-23-13-10-14-24(18-23)38-2)28(34)21-33(39(3,36)37)26-16-9-8-15-25(26)30/h5-16,18,27H,4,17,19-21H2,1-3H3,(H,31,35). The molecule has 0 spiro atoms. The summed E-state index contributed by atoms with van der Waals surface area (Å²) in [7, 11) is -2.28. The van der Waals surface area contributed by atoms with E-state index in [0.717, 1.165) is 28.1 Å². The Morgan fingerprint density at radius 2 is 1.64 bits per heavy atom. The van der Waals surface area contributed by atoms with E-state index in [1.54, 1.807) is 43.5 Å². The number of sulfonamides is 1. The molecular formula is C29H34BrN3O5S. The van der Waals surface area contributed by atoms with Gasteiger partial charge in [0.25, 0.3) is 0 Å². The quantitative estimate of drug-likeness (QED) is 0.308. The number of hydrogen-bond donors (Lipinski definition) is 1. The van der Waals surface area contributed by atoms with Crippen LogP contribution in [0.4, 0.5) is 5.69 Å². The Kier molecular flexibility index (Phi) is 10.9. The minimum absolute atomic E-state index is 0.0840. The van der Waals surface area contributed by atoms with Crippen LogP contribution < -0.4 is 14.4 Å². The zero-order chi connectivity index (χ0) is 28.4. The topological polar surface area (TPSA) is 96.0 Å². The van der Waals surface area contributed by atoms with E-state index in [1.807, 2.05) is 49.4 Å². The van der Waals surface area contributed by atoms with Gasteiger partial charge in [0.2, 0.25) is 21.8 Å². The fourth-order valence-corrected chi connectivity index (χ4v) is 5.61. The molecule has 2 amide bonds. The van der Waals surface area contributed by atoms with Crippen molar-refractivity contribution < 1.29 is 22.7 Å². The summed E-state index contributed by atoms with van der Waals surface area (Å²) in [6.45, 7) is 2.02. The fraction of sp³-hybridized carbons (Fsp3) is 0.310. The molecular weight excluding hydrogens is 582 g/mol. The summed E-state index contributed by atoms with van der Waals surface area (Å²) in [6.07, 6.45) is 2.05. The van der Waals surface area contributed by atoms with Crippen LogP contribution in [0.3, 0.4) is 0 Å². The van der Waals surface area contributed by atoms with Gasteiger partial charge >= 0.3 is 0 Å². The average Bonchev–Trinajstić information content (AvgIpc) is 2.92. The first kappa shape index (κ1) is 30.2. The molecule has 3 aromatic rings. The van der Waals surface area contributed by atoms with Crippen molar-refractivity contribution in [1.29, 1.82) is 0 Å². The number of nitrogens with zero attached hydrogens (tertiary/aromatic N) is 2. The number of benzene rings is 3. The summed E-state index contributed by atoms with van der Waals surface area (Å²) in [5, 5.41) is 2.92. The zero-order valence-corrected chi connectivity index (χ0v) is 24.7. The molecule has 1 unspecified atom stereocenters. The van der Waals surface area contributed by atoms with Crippen molar-refractivity contribution in [2.24, 2.45) is 0 Å². The highest BCUT2D eigenvalue weighted by atomic mass is 79.9. The van der Waals surface area contributed by atoms with Crippen LogP contribution >= 0.6 is 15.9 Å². The zero-order valence-electron chi connectivity index (χ0n) is 22.3. The number of hydrogen-bond acceptors (Lipinski definition) is 5. The molecule has 0 aliphatic heterocycles. The minimum atomic E-state index is -3.84. The van der Waals surface area contributed by atoms with Gasteiger partial charge in [0.1, 0.15) is 18.3 Å². The lowest BCUT2D eigenvalue weighted by Gasteiger charge is -2.33. The molecule has 1 N–H and O–H groups in total. The number of halogens is 1. The van der Waals surface area contributed by atoms with Gasteiger partial charge in [-0.15, -0.1) is 0 Å². The number of ether oxygens (including phenoxy) is 1. The van der Waals surface area contributed by atoms with Gasteiger partial charge in [-0.2, -0.15) is 0 Å². The van der Waals surface area contributed by atoms with Crippen LogP contribution in [-0.2, 0) is 32.6 Å². The van der Waals surface area contributed by atoms with Crippen LogP contribution in [0.2, 0.25) is 0 Å². The number of anilines is 1. The molecule has 0 fully saturated rings. The lowest BCUT2D eigenvalue weighted by atomic mass is 10.0. The van der Waals surface area contributed by atoms with E-state index in [4.69, 9.17) is 4.74 Å². The molecule has 10 heteroatoms. The maximum Gasteiger partial charge on any atom is 0.244 e. The number of carbonyl (C=O) groups is 2. The maximum absolute atomic E-state index is 14.0. The van der Waals surface area contributed by atoms with Crippen molar-refractivity contribution in [3.63, 3.8) is 0 Å². The molecule has 0 aromatic heterocycles. The van der Waals surface area contributed by atoms with Crippen LogP contribution in [0, 0.1) is 0 Å². The summed E-state index contributed by atoms with van der Waals surface area (Å²) >= 11 is 3.40. The van der Waals surface area contributed by atoms with Gasteiger partial charge in [0.05, 0.1) is 19.1 Å². The highest BCUT2D eigenvalue weighted by Gasteiger charge is 2.33. The third-order valence-corrected chi connectivity index (χ3v) is 7.90. The Balaban J connectivity index is 2.06. The molecule has 0 aliphatic carbocycles. The lowest BCUT2D eigenvalue weighted by molar-refractivity contribution is -0.140. The number of para-hydroxylation sites is 1. The lowest BCUT2D eigenvalue weighted by Crippen LogP contribution is -2.53. The van der Waals surface area contributed by atoms with Gasteiger partial charge in [-0.05, 0) is 57.7 Å². The predicted molar refractivity (Wildman–Crippen MR) is 157 cm³/mol. The molecule has 0 aliphatic rings. The van der Waals surface area contributed by atoms with E-state index in [9.17, 15) is 18.0 Å². The first-order chi connectivity index (χ1) is 18.6. The molecule has 8 nitrogen and oxygen atoms in total. The van der Waals surface area contributed by atoms with Crippen molar-refractivity contribution in [1.82, 2.24) is 10.2 Å². The Morgan fingerprint density at radius 1 is 0.974 bits per heavy atom. The van der Waals surface area contributed by atoms with Crippen molar-refractivity contribution in [3.8, 4) is 5.75 Å². The van der Waals surface area contributed by atoms with Gasteiger partial charge in [0, 0.05) is 24.0 Å². The van der Waals surface area contributed by atoms with Crippen molar-refractivity contribution >= 4 is 43.5 Å². The highest BCUT2D eigenvalue weighted by Crippen LogP contribution is 2.28. The van der Waals surface area contributed by atoms with Gasteiger partial charge in [0.15, 0.2) is 0 Å². The number of rotatable bonds is 13. The van der Waals surface area contributed by atoms with E-state index in [1.165, 1.54) is 4.90 Å². The summed E-state index contributed by atoms with van der Waals surface area (Å²) in [5.41, 5.74) is 1.96. The Labute approximate surface area is 239 Å². The Bertz CT molecular complexity index is 1370. The summed E-state index contributed by atoms with van der Waals surface area (Å²) in [4.78, 5) is 29.0. The number of carbonyl (C=O) groups excluding carboxylic acids is 2. The maximum atomic E-state index is 14.0. The van der Waals surface area contributed by atoms with Gasteiger partial charge in [-0.3, -0.25) is 13.9 Å². The largest absolute Gasteiger partial charge is 0.497 e. The Morgan fingerprint density at radius 3 is 2.28 bits per heavy atom. The smallest absolute Gasteiger partial charge is 0.244 e. The number of methoxy groups -OCH3 is 1. The van der Waals surface area contributed by atoms with E-state index in [-0.39, 0.29) is 18.9 Å². The van der Waals surface area contributed by atoms with E-state index >= 15 is 0 Å². The van der Waals surface area contributed by atoms with Crippen LogP contribution in [0.1, 0.15) is 24.5 Å². The third kappa shape index (κ3) is 8.56. The Hall–Kier alpha value is -3.37. The van der Waals surface area contributed by atoms with E-state index in [2.05, 4.69) is 21.2 Å². The second-order valence-corrected chi connectivity index (χ2v) is 11.9. The van der Waals surface area contributed by atoms with Crippen LogP contribution in [-0.4, -0.2) is 57.6 Å². The number of nitrogens with one attached hydrogen (secondary N) is 1. The predicted octanol–water partition coefficient (Wildman–Crippen LogP) is 4.39. The third-order valence-electron chi connectivity index (χ3n) is 6.11. The monoisotopic (exact) mass is 615 g/mol. The molecule has 1 atom stereocenters. The second kappa shape index (κ2) is 14.1. The average molecular weight is 617 g/mol. The molecule has 0 saturated carbocycles. The van der Waals surface area contributed by atoms with E-state index < -0.39 is 28.5 Å². The molecule has 39 heavy (non-hydrogen) atoms. The molecule has 0 bridgehead atoms. The van der Waals surface area contributed by atoms with Gasteiger partial charge in [-0.1, -0.05) is 61.5 Å². The fourth-order valence-electron chi connectivity index (χ4n) is 4.14. The molecule has 208 valence electrons. The molecule has 0 saturated heterocycles. The highest BCUT2D eigenvalue weighted by molar-refractivity contribution is 9.10.